The van der Waals surface area contributed by atoms with Crippen molar-refractivity contribution in [1.82, 2.24) is 0 Å². The van der Waals surface area contributed by atoms with Crippen LogP contribution in [0.3, 0.4) is 0 Å². The Hall–Kier alpha value is -2.23. The second kappa shape index (κ2) is 6.09. The van der Waals surface area contributed by atoms with E-state index in [4.69, 9.17) is 9.15 Å². The molecule has 100 valence electrons. The van der Waals surface area contributed by atoms with Crippen molar-refractivity contribution in [3.63, 3.8) is 0 Å². The Bertz CT molecular complexity index is 547. The molecule has 0 bridgehead atoms. The highest BCUT2D eigenvalue weighted by Crippen LogP contribution is 2.32. The lowest BCUT2D eigenvalue weighted by Gasteiger charge is -2.11. The molecule has 1 N–H and O–H groups in total. The third-order valence-corrected chi connectivity index (χ3v) is 2.76. The topological polar surface area (TPSA) is 51.5 Å². The zero-order chi connectivity index (χ0) is 13.7. The molecule has 0 aliphatic carbocycles. The third-order valence-electron chi connectivity index (χ3n) is 2.76. The summed E-state index contributed by atoms with van der Waals surface area (Å²) in [7, 11) is 1.61. The van der Waals surface area contributed by atoms with Gasteiger partial charge in [-0.2, -0.15) is 0 Å². The van der Waals surface area contributed by atoms with Crippen LogP contribution in [0, 0.1) is 0 Å². The van der Waals surface area contributed by atoms with Gasteiger partial charge in [-0.1, -0.05) is 6.92 Å². The first kappa shape index (κ1) is 13.2. The van der Waals surface area contributed by atoms with E-state index in [1.165, 1.54) is 0 Å². The lowest BCUT2D eigenvalue weighted by molar-refractivity contribution is -0.116. The summed E-state index contributed by atoms with van der Waals surface area (Å²) in [6.07, 6.45) is 2.92. The van der Waals surface area contributed by atoms with E-state index in [0.717, 1.165) is 23.4 Å². The number of hydrogen-bond acceptors (Lipinski definition) is 3. The van der Waals surface area contributed by atoms with Gasteiger partial charge in [0.15, 0.2) is 0 Å². The summed E-state index contributed by atoms with van der Waals surface area (Å²) in [5, 5.41) is 2.90. The molecule has 0 fully saturated rings. The first-order valence-electron chi connectivity index (χ1n) is 6.26. The molecule has 0 unspecified atom stereocenters. The Morgan fingerprint density at radius 2 is 2.21 bits per heavy atom. The number of anilines is 1. The highest BCUT2D eigenvalue weighted by Gasteiger charge is 2.11. The van der Waals surface area contributed by atoms with Crippen LogP contribution in [-0.2, 0) is 4.79 Å². The minimum Gasteiger partial charge on any atom is -0.497 e. The number of carbonyl (C=O) groups excluding carboxylic acids is 1. The van der Waals surface area contributed by atoms with Crippen molar-refractivity contribution in [3.8, 4) is 17.1 Å². The molecule has 2 rings (SSSR count). The summed E-state index contributed by atoms with van der Waals surface area (Å²) in [5.41, 5.74) is 1.54. The van der Waals surface area contributed by atoms with Crippen molar-refractivity contribution in [3.05, 3.63) is 36.6 Å². The molecule has 19 heavy (non-hydrogen) atoms. The van der Waals surface area contributed by atoms with Crippen molar-refractivity contribution in [1.29, 1.82) is 0 Å². The van der Waals surface area contributed by atoms with Gasteiger partial charge in [0.25, 0.3) is 0 Å². The average Bonchev–Trinajstić information content (AvgIpc) is 2.93. The van der Waals surface area contributed by atoms with E-state index in [2.05, 4.69) is 5.32 Å². The van der Waals surface area contributed by atoms with Crippen molar-refractivity contribution in [2.45, 2.75) is 19.8 Å². The predicted molar refractivity (Wildman–Crippen MR) is 74.2 cm³/mol. The first-order valence-corrected chi connectivity index (χ1v) is 6.26. The highest BCUT2D eigenvalue weighted by atomic mass is 16.5. The maximum Gasteiger partial charge on any atom is 0.224 e. The van der Waals surface area contributed by atoms with Crippen LogP contribution in [0.4, 0.5) is 5.69 Å². The van der Waals surface area contributed by atoms with Crippen molar-refractivity contribution in [2.24, 2.45) is 0 Å². The number of ether oxygens (including phenoxy) is 1. The van der Waals surface area contributed by atoms with E-state index in [1.54, 1.807) is 13.4 Å². The lowest BCUT2D eigenvalue weighted by Crippen LogP contribution is -2.11. The summed E-state index contributed by atoms with van der Waals surface area (Å²) >= 11 is 0. The number of amides is 1. The Morgan fingerprint density at radius 1 is 1.37 bits per heavy atom. The fourth-order valence-corrected chi connectivity index (χ4v) is 1.83. The molecule has 0 saturated heterocycles. The number of benzene rings is 1. The Balaban J connectivity index is 2.34. The van der Waals surface area contributed by atoms with E-state index >= 15 is 0 Å². The third kappa shape index (κ3) is 3.16. The van der Waals surface area contributed by atoms with Crippen molar-refractivity contribution < 1.29 is 13.9 Å². The van der Waals surface area contributed by atoms with Crippen molar-refractivity contribution in [2.75, 3.05) is 12.4 Å². The van der Waals surface area contributed by atoms with E-state index in [9.17, 15) is 4.79 Å². The van der Waals surface area contributed by atoms with E-state index in [0.29, 0.717) is 12.2 Å². The van der Waals surface area contributed by atoms with Gasteiger partial charge in [0.1, 0.15) is 11.5 Å². The zero-order valence-corrected chi connectivity index (χ0v) is 11.1. The van der Waals surface area contributed by atoms with Gasteiger partial charge in [-0.15, -0.1) is 0 Å². The molecule has 0 spiro atoms. The molecule has 1 aromatic carbocycles. The lowest BCUT2D eigenvalue weighted by atomic mass is 10.1. The summed E-state index contributed by atoms with van der Waals surface area (Å²) in [6.45, 7) is 1.97. The summed E-state index contributed by atoms with van der Waals surface area (Å²) in [4.78, 5) is 11.7. The maximum atomic E-state index is 11.7. The van der Waals surface area contributed by atoms with Crippen LogP contribution in [0.1, 0.15) is 19.8 Å². The summed E-state index contributed by atoms with van der Waals surface area (Å²) in [6, 6.07) is 9.15. The van der Waals surface area contributed by atoms with Crippen LogP contribution >= 0.6 is 0 Å². The fraction of sp³-hybridized carbons (Fsp3) is 0.267. The van der Waals surface area contributed by atoms with Gasteiger partial charge in [-0.25, -0.2) is 0 Å². The fourth-order valence-electron chi connectivity index (χ4n) is 1.83. The molecule has 0 atom stereocenters. The van der Waals surface area contributed by atoms with Gasteiger partial charge in [-0.3, -0.25) is 4.79 Å². The molecule has 0 aliphatic rings. The molecule has 1 amide bonds. The van der Waals surface area contributed by atoms with E-state index < -0.39 is 0 Å². The predicted octanol–water partition coefficient (Wildman–Crippen LogP) is 3.69. The number of nitrogens with one attached hydrogen (secondary N) is 1. The Labute approximate surface area is 112 Å². The number of methoxy groups -OCH3 is 1. The van der Waals surface area contributed by atoms with Gasteiger partial charge >= 0.3 is 0 Å². The smallest absolute Gasteiger partial charge is 0.224 e. The van der Waals surface area contributed by atoms with Crippen LogP contribution in [0.15, 0.2) is 41.0 Å². The number of furan rings is 1. The maximum absolute atomic E-state index is 11.7. The van der Waals surface area contributed by atoms with Crippen LogP contribution in [0.5, 0.6) is 5.75 Å². The second-order valence-corrected chi connectivity index (χ2v) is 4.19. The van der Waals surface area contributed by atoms with Gasteiger partial charge in [0.05, 0.1) is 19.1 Å². The minimum atomic E-state index is 0.000438. The molecule has 0 saturated carbocycles. The number of hydrogen-bond donors (Lipinski definition) is 1. The highest BCUT2D eigenvalue weighted by molar-refractivity contribution is 5.95. The molecular formula is C15H17NO3. The second-order valence-electron chi connectivity index (χ2n) is 4.19. The molecular weight excluding hydrogens is 242 g/mol. The molecule has 4 nitrogen and oxygen atoms in total. The zero-order valence-electron chi connectivity index (χ0n) is 11.1. The molecule has 0 radical (unpaired) electrons. The quantitative estimate of drug-likeness (QED) is 0.890. The monoisotopic (exact) mass is 259 g/mol. The minimum absolute atomic E-state index is 0.000438. The summed E-state index contributed by atoms with van der Waals surface area (Å²) < 4.78 is 10.6. The van der Waals surface area contributed by atoms with Crippen LogP contribution in [-0.4, -0.2) is 13.0 Å². The normalized spacial score (nSPS) is 10.2. The Morgan fingerprint density at radius 3 is 2.84 bits per heavy atom. The number of carbonyl (C=O) groups is 1. The largest absolute Gasteiger partial charge is 0.497 e. The summed E-state index contributed by atoms with van der Waals surface area (Å²) in [5.74, 6) is 1.42. The van der Waals surface area contributed by atoms with E-state index in [1.807, 2.05) is 37.3 Å². The van der Waals surface area contributed by atoms with Gasteiger partial charge < -0.3 is 14.5 Å². The molecule has 1 heterocycles. The van der Waals surface area contributed by atoms with Crippen LogP contribution in [0.25, 0.3) is 11.3 Å². The van der Waals surface area contributed by atoms with Crippen LogP contribution < -0.4 is 10.1 Å². The van der Waals surface area contributed by atoms with Gasteiger partial charge in [0, 0.05) is 12.0 Å². The molecule has 4 heteroatoms. The van der Waals surface area contributed by atoms with Crippen LogP contribution in [0.2, 0.25) is 0 Å². The standard InChI is InChI=1S/C15H17NO3/c1-3-5-15(17)16-13-8-7-11(18-2)10-12(13)14-6-4-9-19-14/h4,6-10H,3,5H2,1-2H3,(H,16,17). The Kier molecular flexibility index (Phi) is 4.23. The van der Waals surface area contributed by atoms with E-state index in [-0.39, 0.29) is 5.91 Å². The first-order chi connectivity index (χ1) is 9.24. The van der Waals surface area contributed by atoms with Gasteiger partial charge in [0.2, 0.25) is 5.91 Å². The molecule has 2 aromatic rings. The number of rotatable bonds is 5. The molecule has 0 aliphatic heterocycles. The SMILES string of the molecule is CCCC(=O)Nc1ccc(OC)cc1-c1ccco1. The average molecular weight is 259 g/mol. The van der Waals surface area contributed by atoms with Gasteiger partial charge in [-0.05, 0) is 36.8 Å². The van der Waals surface area contributed by atoms with Crippen molar-refractivity contribution >= 4 is 11.6 Å². The molecule has 1 aromatic heterocycles.